The number of nitrogens with zero attached hydrogens (tertiary/aromatic N) is 3. The molecule has 0 amide bonds. The molecule has 21 heavy (non-hydrogen) atoms. The van der Waals surface area contributed by atoms with Crippen molar-refractivity contribution in [3.05, 3.63) is 29.6 Å². The molecular weight excluding hydrogens is 264 g/mol. The van der Waals surface area contributed by atoms with Gasteiger partial charge in [0.25, 0.3) is 0 Å². The molecule has 1 aliphatic heterocycles. The second-order valence-corrected chi connectivity index (χ2v) is 6.32. The molecule has 1 aliphatic carbocycles. The van der Waals surface area contributed by atoms with Crippen LogP contribution >= 0.6 is 0 Å². The highest BCUT2D eigenvalue weighted by Crippen LogP contribution is 2.36. The Morgan fingerprint density at radius 3 is 2.95 bits per heavy atom. The van der Waals surface area contributed by atoms with Crippen LogP contribution in [0.5, 0.6) is 0 Å². The molecule has 114 valence electrons. The van der Waals surface area contributed by atoms with E-state index in [9.17, 15) is 0 Å². The molecule has 0 radical (unpaired) electrons. The Hall–Kier alpha value is -1.62. The third kappa shape index (κ3) is 3.18. The van der Waals surface area contributed by atoms with E-state index in [1.807, 2.05) is 12.1 Å². The van der Waals surface area contributed by atoms with E-state index in [4.69, 9.17) is 10.9 Å². The maximum absolute atomic E-state index is 8.88. The zero-order valence-corrected chi connectivity index (χ0v) is 12.4. The first-order valence-corrected chi connectivity index (χ1v) is 7.92. The Bertz CT molecular complexity index is 517. The summed E-state index contributed by atoms with van der Waals surface area (Å²) in [4.78, 5) is 6.75. The number of piperidine rings is 1. The number of rotatable bonds is 3. The fraction of sp³-hybridized carbons (Fsp3) is 0.625. The number of oxime groups is 1. The van der Waals surface area contributed by atoms with Crippen LogP contribution in [0.4, 0.5) is 0 Å². The van der Waals surface area contributed by atoms with Gasteiger partial charge in [0.1, 0.15) is 5.69 Å². The molecule has 2 unspecified atom stereocenters. The summed E-state index contributed by atoms with van der Waals surface area (Å²) in [5.74, 6) is 1.89. The van der Waals surface area contributed by atoms with Crippen LogP contribution in [0.2, 0.25) is 0 Å². The number of fused-ring (bicyclic) bond motifs is 1. The molecule has 3 N–H and O–H groups in total. The SMILES string of the molecule is NC(=NO)c1ncccc1CN1CCC2CCCCC2C1. The zero-order valence-electron chi connectivity index (χ0n) is 12.4. The molecule has 0 spiro atoms. The number of nitrogens with two attached hydrogens (primary N) is 1. The Kier molecular flexibility index (Phi) is 4.39. The molecule has 5 nitrogen and oxygen atoms in total. The molecular formula is C16H24N4O. The van der Waals surface area contributed by atoms with Crippen LogP contribution < -0.4 is 5.73 Å². The van der Waals surface area contributed by atoms with Gasteiger partial charge in [-0.25, -0.2) is 0 Å². The van der Waals surface area contributed by atoms with E-state index in [-0.39, 0.29) is 5.84 Å². The second-order valence-electron chi connectivity index (χ2n) is 6.32. The second kappa shape index (κ2) is 6.43. The van der Waals surface area contributed by atoms with Gasteiger partial charge in [-0.3, -0.25) is 9.88 Å². The van der Waals surface area contributed by atoms with Gasteiger partial charge in [-0.1, -0.05) is 30.5 Å². The highest BCUT2D eigenvalue weighted by atomic mass is 16.4. The standard InChI is InChI=1S/C16H24N4O/c17-16(19-21)15-14(6-3-8-18-15)11-20-9-7-12-4-1-2-5-13(12)10-20/h3,6,8,12-13,21H,1-2,4-5,7,9-11H2,(H2,17,19). The maximum Gasteiger partial charge on any atom is 0.189 e. The average Bonchev–Trinajstić information content (AvgIpc) is 2.54. The van der Waals surface area contributed by atoms with Crippen LogP contribution in [0.1, 0.15) is 43.4 Å². The van der Waals surface area contributed by atoms with Gasteiger partial charge in [0, 0.05) is 19.3 Å². The minimum Gasteiger partial charge on any atom is -0.409 e. The monoisotopic (exact) mass is 288 g/mol. The van der Waals surface area contributed by atoms with Crippen LogP contribution in [0.3, 0.4) is 0 Å². The largest absolute Gasteiger partial charge is 0.409 e. The van der Waals surface area contributed by atoms with Crippen molar-refractivity contribution in [2.75, 3.05) is 13.1 Å². The lowest BCUT2D eigenvalue weighted by Gasteiger charge is -2.41. The topological polar surface area (TPSA) is 74.7 Å². The minimum atomic E-state index is 0.0955. The lowest BCUT2D eigenvalue weighted by molar-refractivity contribution is 0.0819. The van der Waals surface area contributed by atoms with Crippen LogP contribution in [0.15, 0.2) is 23.5 Å². The lowest BCUT2D eigenvalue weighted by atomic mass is 9.75. The number of hydrogen-bond acceptors (Lipinski definition) is 4. The molecule has 2 fully saturated rings. The number of amidine groups is 1. The zero-order chi connectivity index (χ0) is 14.7. The first-order valence-electron chi connectivity index (χ1n) is 7.92. The van der Waals surface area contributed by atoms with Gasteiger partial charge >= 0.3 is 0 Å². The Balaban J connectivity index is 1.70. The molecule has 0 bridgehead atoms. The molecule has 2 aliphatic rings. The van der Waals surface area contributed by atoms with Gasteiger partial charge in [0.05, 0.1) is 0 Å². The fourth-order valence-electron chi connectivity index (χ4n) is 3.90. The molecule has 1 aromatic heterocycles. The minimum absolute atomic E-state index is 0.0955. The van der Waals surface area contributed by atoms with Gasteiger partial charge < -0.3 is 10.9 Å². The van der Waals surface area contributed by atoms with Crippen molar-refractivity contribution in [1.82, 2.24) is 9.88 Å². The van der Waals surface area contributed by atoms with E-state index in [0.717, 1.165) is 30.5 Å². The van der Waals surface area contributed by atoms with Crippen molar-refractivity contribution in [1.29, 1.82) is 0 Å². The summed E-state index contributed by atoms with van der Waals surface area (Å²) in [6.07, 6.45) is 8.59. The van der Waals surface area contributed by atoms with E-state index in [1.54, 1.807) is 6.20 Å². The predicted octanol–water partition coefficient (Wildman–Crippen LogP) is 2.19. The number of hydrogen-bond donors (Lipinski definition) is 2. The first-order chi connectivity index (χ1) is 10.3. The summed E-state index contributed by atoms with van der Waals surface area (Å²) >= 11 is 0. The maximum atomic E-state index is 8.88. The van der Waals surface area contributed by atoms with E-state index in [1.165, 1.54) is 38.6 Å². The fourth-order valence-corrected chi connectivity index (χ4v) is 3.90. The third-order valence-electron chi connectivity index (χ3n) is 5.01. The van der Waals surface area contributed by atoms with Gasteiger partial charge in [-0.2, -0.15) is 0 Å². The summed E-state index contributed by atoms with van der Waals surface area (Å²) in [6, 6.07) is 3.93. The average molecular weight is 288 g/mol. The molecule has 5 heteroatoms. The first kappa shape index (κ1) is 14.3. The van der Waals surface area contributed by atoms with Crippen molar-refractivity contribution in [3.8, 4) is 0 Å². The summed E-state index contributed by atoms with van der Waals surface area (Å²) in [5.41, 5.74) is 7.37. The van der Waals surface area contributed by atoms with Crippen molar-refractivity contribution in [3.63, 3.8) is 0 Å². The quantitative estimate of drug-likeness (QED) is 0.387. The van der Waals surface area contributed by atoms with Crippen LogP contribution in [0, 0.1) is 11.8 Å². The van der Waals surface area contributed by atoms with Crippen molar-refractivity contribution in [2.24, 2.45) is 22.7 Å². The Labute approximate surface area is 125 Å². The van der Waals surface area contributed by atoms with Gasteiger partial charge in [0.2, 0.25) is 0 Å². The van der Waals surface area contributed by atoms with Gasteiger partial charge in [-0.15, -0.1) is 0 Å². The van der Waals surface area contributed by atoms with E-state index >= 15 is 0 Å². The normalized spacial score (nSPS) is 27.3. The number of likely N-dealkylation sites (tertiary alicyclic amines) is 1. The Morgan fingerprint density at radius 1 is 1.33 bits per heavy atom. The van der Waals surface area contributed by atoms with E-state index < -0.39 is 0 Å². The highest BCUT2D eigenvalue weighted by molar-refractivity contribution is 5.96. The van der Waals surface area contributed by atoms with Gasteiger partial charge in [-0.05, 0) is 42.9 Å². The molecule has 1 saturated heterocycles. The smallest absolute Gasteiger partial charge is 0.189 e. The van der Waals surface area contributed by atoms with Gasteiger partial charge in [0.15, 0.2) is 5.84 Å². The summed E-state index contributed by atoms with van der Waals surface area (Å²) < 4.78 is 0. The molecule has 2 atom stereocenters. The van der Waals surface area contributed by atoms with E-state index in [0.29, 0.717) is 5.69 Å². The number of pyridine rings is 1. The highest BCUT2D eigenvalue weighted by Gasteiger charge is 2.31. The molecule has 3 rings (SSSR count). The Morgan fingerprint density at radius 2 is 2.14 bits per heavy atom. The summed E-state index contributed by atoms with van der Waals surface area (Å²) in [5, 5.41) is 12.0. The summed E-state index contributed by atoms with van der Waals surface area (Å²) in [7, 11) is 0. The van der Waals surface area contributed by atoms with Crippen molar-refractivity contribution >= 4 is 5.84 Å². The predicted molar refractivity (Wildman–Crippen MR) is 82.1 cm³/mol. The lowest BCUT2D eigenvalue weighted by Crippen LogP contribution is -2.41. The van der Waals surface area contributed by atoms with Crippen molar-refractivity contribution in [2.45, 2.75) is 38.6 Å². The molecule has 0 aromatic carbocycles. The van der Waals surface area contributed by atoms with Crippen LogP contribution in [-0.2, 0) is 6.54 Å². The molecule has 1 aromatic rings. The molecule has 1 saturated carbocycles. The van der Waals surface area contributed by atoms with Crippen molar-refractivity contribution < 1.29 is 5.21 Å². The number of aromatic nitrogens is 1. The third-order valence-corrected chi connectivity index (χ3v) is 5.01. The summed E-state index contributed by atoms with van der Waals surface area (Å²) in [6.45, 7) is 3.16. The van der Waals surface area contributed by atoms with Crippen LogP contribution in [0.25, 0.3) is 0 Å². The van der Waals surface area contributed by atoms with Crippen LogP contribution in [-0.4, -0.2) is 34.0 Å². The molecule has 2 heterocycles. The van der Waals surface area contributed by atoms with E-state index in [2.05, 4.69) is 15.0 Å².